The highest BCUT2D eigenvalue weighted by Gasteiger charge is 2.30. The number of carbonyl (C=O) groups is 1. The average Bonchev–Trinajstić information content (AvgIpc) is 3.60. The van der Waals surface area contributed by atoms with Crippen molar-refractivity contribution in [2.24, 2.45) is 0 Å². The van der Waals surface area contributed by atoms with Crippen molar-refractivity contribution in [2.75, 3.05) is 39.8 Å². The molecule has 1 saturated carbocycles. The number of benzene rings is 1. The number of piperazine rings is 1. The Hall–Kier alpha value is -2.96. The normalized spacial score (nSPS) is 22.7. The molecular formula is C30H37N5O. The molecule has 0 bridgehead atoms. The number of likely N-dealkylation sites (N-methyl/N-ethyl adjacent to an activating group) is 1. The van der Waals surface area contributed by atoms with Gasteiger partial charge in [0.2, 0.25) is 0 Å². The summed E-state index contributed by atoms with van der Waals surface area (Å²) in [5.74, 6) is 0. The maximum Gasteiger partial charge on any atom is 0.318 e. The second-order valence-electron chi connectivity index (χ2n) is 10.9. The van der Waals surface area contributed by atoms with Gasteiger partial charge >= 0.3 is 6.03 Å². The molecule has 0 spiro atoms. The Labute approximate surface area is 214 Å². The molecule has 36 heavy (non-hydrogen) atoms. The van der Waals surface area contributed by atoms with Gasteiger partial charge in [-0.05, 0) is 61.6 Å². The third kappa shape index (κ3) is 4.97. The minimum atomic E-state index is 0.0844. The number of carbonyl (C=O) groups excluding carboxylic acids is 1. The summed E-state index contributed by atoms with van der Waals surface area (Å²) in [6.07, 6.45) is 10.6. The van der Waals surface area contributed by atoms with Crippen LogP contribution < -0.4 is 5.32 Å². The molecule has 0 radical (unpaired) electrons. The highest BCUT2D eigenvalue weighted by atomic mass is 16.2. The van der Waals surface area contributed by atoms with Crippen molar-refractivity contribution in [3.8, 4) is 11.1 Å². The molecule has 6 rings (SSSR count). The van der Waals surface area contributed by atoms with Crippen LogP contribution in [0.5, 0.6) is 0 Å². The first-order valence-electron chi connectivity index (χ1n) is 13.5. The van der Waals surface area contributed by atoms with Gasteiger partial charge < -0.3 is 15.1 Å². The van der Waals surface area contributed by atoms with E-state index in [9.17, 15) is 4.79 Å². The van der Waals surface area contributed by atoms with E-state index in [1.54, 1.807) is 0 Å². The molecule has 2 amide bonds. The predicted molar refractivity (Wildman–Crippen MR) is 145 cm³/mol. The zero-order valence-corrected chi connectivity index (χ0v) is 21.5. The second-order valence-corrected chi connectivity index (χ2v) is 10.9. The topological polar surface area (TPSA) is 51.7 Å². The van der Waals surface area contributed by atoms with Crippen molar-refractivity contribution < 1.29 is 4.79 Å². The smallest absolute Gasteiger partial charge is 0.318 e. The summed E-state index contributed by atoms with van der Waals surface area (Å²) < 4.78 is 0. The molecule has 1 aromatic carbocycles. The molecule has 6 nitrogen and oxygen atoms in total. The van der Waals surface area contributed by atoms with Gasteiger partial charge in [0.25, 0.3) is 0 Å². The quantitative estimate of drug-likeness (QED) is 0.688. The molecule has 1 aromatic heterocycles. The fourth-order valence-electron chi connectivity index (χ4n) is 5.63. The van der Waals surface area contributed by atoms with Gasteiger partial charge in [0.1, 0.15) is 0 Å². The average molecular weight is 484 g/mol. The summed E-state index contributed by atoms with van der Waals surface area (Å²) in [6, 6.07) is 11.9. The van der Waals surface area contributed by atoms with Gasteiger partial charge in [0, 0.05) is 75.1 Å². The van der Waals surface area contributed by atoms with E-state index in [4.69, 9.17) is 4.98 Å². The highest BCUT2D eigenvalue weighted by Crippen LogP contribution is 2.37. The monoisotopic (exact) mass is 483 g/mol. The summed E-state index contributed by atoms with van der Waals surface area (Å²) in [4.78, 5) is 24.3. The van der Waals surface area contributed by atoms with Gasteiger partial charge in [-0.15, -0.1) is 0 Å². The number of rotatable bonds is 5. The van der Waals surface area contributed by atoms with Crippen LogP contribution in [0.1, 0.15) is 43.0 Å². The van der Waals surface area contributed by atoms with E-state index in [2.05, 4.69) is 71.6 Å². The van der Waals surface area contributed by atoms with Crippen LogP contribution in [0.15, 0.2) is 54.3 Å². The molecule has 1 saturated heterocycles. The maximum atomic E-state index is 12.6. The van der Waals surface area contributed by atoms with Gasteiger partial charge in [-0.2, -0.15) is 0 Å². The van der Waals surface area contributed by atoms with Crippen LogP contribution in [0, 0.1) is 0 Å². The first kappa shape index (κ1) is 23.4. The summed E-state index contributed by atoms with van der Waals surface area (Å²) in [7, 11) is 2.20. The molecule has 4 aliphatic rings. The third-order valence-electron chi connectivity index (χ3n) is 8.12. The lowest BCUT2D eigenvalue weighted by Gasteiger charge is -2.33. The van der Waals surface area contributed by atoms with E-state index in [1.165, 1.54) is 33.4 Å². The Bertz CT molecular complexity index is 1190. The zero-order valence-electron chi connectivity index (χ0n) is 21.5. The van der Waals surface area contributed by atoms with E-state index < -0.39 is 0 Å². The van der Waals surface area contributed by atoms with Gasteiger partial charge in [0.15, 0.2) is 0 Å². The molecule has 6 heteroatoms. The lowest BCUT2D eigenvalue weighted by molar-refractivity contribution is 0.148. The van der Waals surface area contributed by atoms with Crippen molar-refractivity contribution >= 4 is 11.6 Å². The summed E-state index contributed by atoms with van der Waals surface area (Å²) in [5, 5.41) is 3.14. The summed E-state index contributed by atoms with van der Waals surface area (Å²) >= 11 is 0. The number of fused-ring (bicyclic) bond motifs is 1. The Morgan fingerprint density at radius 2 is 1.83 bits per heavy atom. The van der Waals surface area contributed by atoms with E-state index >= 15 is 0 Å². The number of hydrogen-bond donors (Lipinski definition) is 1. The number of urea groups is 1. The lowest BCUT2D eigenvalue weighted by atomic mass is 9.92. The van der Waals surface area contributed by atoms with Gasteiger partial charge in [0.05, 0.1) is 5.69 Å². The van der Waals surface area contributed by atoms with E-state index in [0.29, 0.717) is 6.04 Å². The first-order valence-corrected chi connectivity index (χ1v) is 13.5. The minimum Gasteiger partial charge on any atom is -0.335 e. The van der Waals surface area contributed by atoms with Crippen LogP contribution in [0.4, 0.5) is 4.79 Å². The number of hydrogen-bond acceptors (Lipinski definition) is 4. The van der Waals surface area contributed by atoms with Crippen LogP contribution in [0.3, 0.4) is 0 Å². The molecule has 2 aliphatic heterocycles. The predicted octanol–water partition coefficient (Wildman–Crippen LogP) is 4.33. The fourth-order valence-corrected chi connectivity index (χ4v) is 5.63. The van der Waals surface area contributed by atoms with Crippen molar-refractivity contribution in [3.05, 3.63) is 71.1 Å². The number of nitrogens with zero attached hydrogens (tertiary/aromatic N) is 4. The lowest BCUT2D eigenvalue weighted by Crippen LogP contribution is -2.47. The third-order valence-corrected chi connectivity index (χ3v) is 8.12. The molecule has 188 valence electrons. The van der Waals surface area contributed by atoms with Crippen molar-refractivity contribution in [1.82, 2.24) is 25.0 Å². The van der Waals surface area contributed by atoms with Gasteiger partial charge in [-0.3, -0.25) is 9.88 Å². The number of aromatic nitrogens is 1. The molecule has 1 atom stereocenters. The Morgan fingerprint density at radius 1 is 1.06 bits per heavy atom. The molecule has 2 aromatic rings. The van der Waals surface area contributed by atoms with Crippen LogP contribution in [0.2, 0.25) is 0 Å². The molecular weight excluding hydrogens is 446 g/mol. The minimum absolute atomic E-state index is 0.0844. The summed E-state index contributed by atoms with van der Waals surface area (Å²) in [5.41, 5.74) is 8.81. The standard InChI is InChI=1S/C30H37N5O/c1-21-17-24(11-12-35(21)30(36)32-26-7-8-26)27-9-10-29-28(27)18-25(19-31-29)23-5-3-22(4-6-23)20-34-15-13-33(2)14-16-34/h3-6,9,17-19,21,26H,7-8,10-16,20H2,1-2H3,(H,32,36). The number of nitrogens with one attached hydrogen (secondary N) is 1. The Morgan fingerprint density at radius 3 is 2.56 bits per heavy atom. The largest absolute Gasteiger partial charge is 0.335 e. The second kappa shape index (κ2) is 9.83. The Balaban J connectivity index is 1.15. The maximum absolute atomic E-state index is 12.6. The number of amides is 2. The van der Waals surface area contributed by atoms with Crippen LogP contribution in [-0.4, -0.2) is 77.6 Å². The van der Waals surface area contributed by atoms with Crippen LogP contribution in [0.25, 0.3) is 16.7 Å². The van der Waals surface area contributed by atoms with Gasteiger partial charge in [-0.25, -0.2) is 4.79 Å². The van der Waals surface area contributed by atoms with Crippen molar-refractivity contribution in [2.45, 2.75) is 51.2 Å². The molecule has 2 fully saturated rings. The molecule has 3 heterocycles. The number of pyridine rings is 1. The molecule has 2 aliphatic carbocycles. The number of allylic oxidation sites excluding steroid dienone is 2. The fraction of sp³-hybridized carbons (Fsp3) is 0.467. The summed E-state index contributed by atoms with van der Waals surface area (Å²) in [6.45, 7) is 8.48. The highest BCUT2D eigenvalue weighted by molar-refractivity contribution is 5.86. The zero-order chi connectivity index (χ0) is 24.6. The van der Waals surface area contributed by atoms with Crippen molar-refractivity contribution in [3.63, 3.8) is 0 Å². The van der Waals surface area contributed by atoms with E-state index in [0.717, 1.165) is 70.6 Å². The first-order chi connectivity index (χ1) is 17.5. The van der Waals surface area contributed by atoms with E-state index in [1.807, 2.05) is 11.1 Å². The van der Waals surface area contributed by atoms with Crippen LogP contribution >= 0.6 is 0 Å². The Kier molecular flexibility index (Phi) is 6.40. The SMILES string of the molecule is CC1C=C(C2=CCc3ncc(-c4ccc(CN5CCN(C)CC5)cc4)cc32)CCN1C(=O)NC1CC1. The molecule has 1 N–H and O–H groups in total. The molecule has 1 unspecified atom stereocenters. The van der Waals surface area contributed by atoms with E-state index in [-0.39, 0.29) is 12.1 Å². The van der Waals surface area contributed by atoms with Crippen molar-refractivity contribution in [1.29, 1.82) is 0 Å². The van der Waals surface area contributed by atoms with Crippen LogP contribution in [-0.2, 0) is 13.0 Å². The van der Waals surface area contributed by atoms with Gasteiger partial charge in [-0.1, -0.05) is 36.4 Å².